The standard InChI is InChI=1S/C23H21N3O5/c27-21-10-5-13-26(21)17-7-4-6-16(14-17)22(28)24-25-23(29)20-12-11-19(31-20)15-30-18-8-2-1-3-9-18/h1-4,6-9,11-12,14H,5,10,13,15H2,(H,24,28)(H,25,29). The molecule has 2 aromatic carbocycles. The zero-order valence-corrected chi connectivity index (χ0v) is 16.7. The average Bonchev–Trinajstić information content (AvgIpc) is 3.46. The number of carbonyl (C=O) groups excluding carboxylic acids is 3. The number of anilines is 1. The predicted molar refractivity (Wildman–Crippen MR) is 112 cm³/mol. The number of nitrogens with zero attached hydrogens (tertiary/aromatic N) is 1. The number of hydrogen-bond acceptors (Lipinski definition) is 5. The van der Waals surface area contributed by atoms with E-state index in [0.29, 0.717) is 35.7 Å². The zero-order valence-electron chi connectivity index (χ0n) is 16.7. The normalized spacial score (nSPS) is 13.2. The van der Waals surface area contributed by atoms with Gasteiger partial charge in [-0.25, -0.2) is 0 Å². The largest absolute Gasteiger partial charge is 0.486 e. The number of para-hydroxylation sites is 1. The molecule has 158 valence electrons. The van der Waals surface area contributed by atoms with Crippen LogP contribution in [0.25, 0.3) is 0 Å². The number of hydrazine groups is 1. The number of carbonyl (C=O) groups is 3. The van der Waals surface area contributed by atoms with Gasteiger partial charge >= 0.3 is 5.91 Å². The Hall–Kier alpha value is -4.07. The van der Waals surface area contributed by atoms with Gasteiger partial charge in [0.1, 0.15) is 18.1 Å². The lowest BCUT2D eigenvalue weighted by Gasteiger charge is -2.16. The molecule has 0 radical (unpaired) electrons. The van der Waals surface area contributed by atoms with Crippen LogP contribution in [0.15, 0.2) is 71.1 Å². The number of rotatable bonds is 6. The Bertz CT molecular complexity index is 1090. The Balaban J connectivity index is 1.31. The molecular weight excluding hydrogens is 398 g/mol. The Morgan fingerprint density at radius 3 is 2.55 bits per heavy atom. The minimum absolute atomic E-state index is 0.0377. The van der Waals surface area contributed by atoms with Crippen LogP contribution in [-0.4, -0.2) is 24.3 Å². The van der Waals surface area contributed by atoms with Gasteiger partial charge in [-0.3, -0.25) is 25.2 Å². The third-order valence-electron chi connectivity index (χ3n) is 4.79. The van der Waals surface area contributed by atoms with E-state index in [1.54, 1.807) is 35.2 Å². The van der Waals surface area contributed by atoms with Crippen molar-refractivity contribution in [1.82, 2.24) is 10.9 Å². The van der Waals surface area contributed by atoms with Gasteiger partial charge < -0.3 is 14.1 Å². The molecule has 2 heterocycles. The Kier molecular flexibility index (Phi) is 5.98. The summed E-state index contributed by atoms with van der Waals surface area (Å²) in [6.45, 7) is 0.807. The van der Waals surface area contributed by atoms with Crippen molar-refractivity contribution in [2.75, 3.05) is 11.4 Å². The molecule has 1 saturated heterocycles. The van der Waals surface area contributed by atoms with Crippen LogP contribution in [0.4, 0.5) is 5.69 Å². The Labute approximate surface area is 178 Å². The second-order valence-electron chi connectivity index (χ2n) is 6.98. The minimum atomic E-state index is -0.592. The molecule has 3 aromatic rings. The highest BCUT2D eigenvalue weighted by atomic mass is 16.5. The van der Waals surface area contributed by atoms with E-state index in [4.69, 9.17) is 9.15 Å². The molecule has 4 rings (SSSR count). The Morgan fingerprint density at radius 2 is 1.77 bits per heavy atom. The maximum absolute atomic E-state index is 12.4. The fraction of sp³-hybridized carbons (Fsp3) is 0.174. The lowest BCUT2D eigenvalue weighted by molar-refractivity contribution is -0.117. The summed E-state index contributed by atoms with van der Waals surface area (Å²) in [5.41, 5.74) is 5.68. The molecule has 0 atom stereocenters. The molecule has 8 nitrogen and oxygen atoms in total. The summed E-state index contributed by atoms with van der Waals surface area (Å²) in [4.78, 5) is 38.2. The molecule has 1 aromatic heterocycles. The van der Waals surface area contributed by atoms with Crippen LogP contribution in [0.2, 0.25) is 0 Å². The number of nitrogens with one attached hydrogen (secondary N) is 2. The number of amides is 3. The van der Waals surface area contributed by atoms with Gasteiger partial charge in [0, 0.05) is 24.2 Å². The summed E-state index contributed by atoms with van der Waals surface area (Å²) in [5.74, 6) is 0.156. The minimum Gasteiger partial charge on any atom is -0.486 e. The maximum atomic E-state index is 12.4. The van der Waals surface area contributed by atoms with Gasteiger partial charge in [-0.2, -0.15) is 0 Å². The fourth-order valence-corrected chi connectivity index (χ4v) is 3.23. The van der Waals surface area contributed by atoms with E-state index in [1.165, 1.54) is 6.07 Å². The van der Waals surface area contributed by atoms with Crippen molar-refractivity contribution in [2.45, 2.75) is 19.4 Å². The number of furan rings is 1. The van der Waals surface area contributed by atoms with Crippen LogP contribution >= 0.6 is 0 Å². The first-order valence-corrected chi connectivity index (χ1v) is 9.88. The van der Waals surface area contributed by atoms with Gasteiger partial charge in [-0.05, 0) is 48.9 Å². The third kappa shape index (κ3) is 4.92. The predicted octanol–water partition coefficient (Wildman–Crippen LogP) is 3.06. The molecule has 2 N–H and O–H groups in total. The Morgan fingerprint density at radius 1 is 0.968 bits per heavy atom. The van der Waals surface area contributed by atoms with Crippen LogP contribution in [0.3, 0.4) is 0 Å². The van der Waals surface area contributed by atoms with E-state index < -0.39 is 11.8 Å². The average molecular weight is 419 g/mol. The van der Waals surface area contributed by atoms with Crippen LogP contribution in [0.5, 0.6) is 5.75 Å². The van der Waals surface area contributed by atoms with E-state index in [2.05, 4.69) is 10.9 Å². The van der Waals surface area contributed by atoms with Gasteiger partial charge in [0.05, 0.1) is 0 Å². The van der Waals surface area contributed by atoms with Gasteiger partial charge in [0.2, 0.25) is 5.91 Å². The molecule has 31 heavy (non-hydrogen) atoms. The van der Waals surface area contributed by atoms with Gasteiger partial charge in [-0.1, -0.05) is 24.3 Å². The van der Waals surface area contributed by atoms with Crippen LogP contribution in [0.1, 0.15) is 39.5 Å². The monoisotopic (exact) mass is 419 g/mol. The van der Waals surface area contributed by atoms with Crippen molar-refractivity contribution in [3.05, 3.63) is 83.8 Å². The van der Waals surface area contributed by atoms with Crippen molar-refractivity contribution < 1.29 is 23.5 Å². The number of benzene rings is 2. The van der Waals surface area contributed by atoms with Gasteiger partial charge in [-0.15, -0.1) is 0 Å². The maximum Gasteiger partial charge on any atom is 0.305 e. The van der Waals surface area contributed by atoms with Gasteiger partial charge in [0.25, 0.3) is 5.91 Å². The highest BCUT2D eigenvalue weighted by Gasteiger charge is 2.22. The smallest absolute Gasteiger partial charge is 0.305 e. The second kappa shape index (κ2) is 9.17. The molecule has 1 aliphatic heterocycles. The first-order chi connectivity index (χ1) is 15.1. The van der Waals surface area contributed by atoms with Crippen molar-refractivity contribution >= 4 is 23.4 Å². The molecular formula is C23H21N3O5. The molecule has 1 fully saturated rings. The SMILES string of the molecule is O=C(NNC(=O)c1ccc(COc2ccccc2)o1)c1cccc(N2CCCC2=O)c1. The first kappa shape index (κ1) is 20.2. The molecule has 0 unspecified atom stereocenters. The lowest BCUT2D eigenvalue weighted by Crippen LogP contribution is -2.41. The molecule has 0 aliphatic carbocycles. The first-order valence-electron chi connectivity index (χ1n) is 9.88. The summed E-state index contributed by atoms with van der Waals surface area (Å²) < 4.78 is 11.1. The van der Waals surface area contributed by atoms with Crippen LogP contribution in [0, 0.1) is 0 Å². The summed E-state index contributed by atoms with van der Waals surface area (Å²) in [7, 11) is 0. The van der Waals surface area contributed by atoms with Crippen LogP contribution < -0.4 is 20.5 Å². The number of ether oxygens (including phenoxy) is 1. The molecule has 1 aliphatic rings. The topological polar surface area (TPSA) is 101 Å². The molecule has 0 saturated carbocycles. The molecule has 3 amide bonds. The van der Waals surface area contributed by atoms with Crippen molar-refractivity contribution in [3.63, 3.8) is 0 Å². The van der Waals surface area contributed by atoms with Crippen LogP contribution in [-0.2, 0) is 11.4 Å². The second-order valence-corrected chi connectivity index (χ2v) is 6.98. The highest BCUT2D eigenvalue weighted by molar-refractivity contribution is 6.00. The summed E-state index contributed by atoms with van der Waals surface area (Å²) in [5, 5.41) is 0. The molecule has 0 bridgehead atoms. The van der Waals surface area contributed by atoms with Crippen molar-refractivity contribution in [1.29, 1.82) is 0 Å². The molecule has 8 heteroatoms. The highest BCUT2D eigenvalue weighted by Crippen LogP contribution is 2.22. The summed E-state index contributed by atoms with van der Waals surface area (Å²) in [6, 6.07) is 19.1. The van der Waals surface area contributed by atoms with E-state index in [-0.39, 0.29) is 18.3 Å². The lowest BCUT2D eigenvalue weighted by atomic mass is 10.2. The quantitative estimate of drug-likeness (QED) is 0.598. The van der Waals surface area contributed by atoms with Crippen molar-refractivity contribution in [2.24, 2.45) is 0 Å². The van der Waals surface area contributed by atoms with E-state index >= 15 is 0 Å². The summed E-state index contributed by atoms with van der Waals surface area (Å²) in [6.07, 6.45) is 1.31. The third-order valence-corrected chi connectivity index (χ3v) is 4.79. The number of hydrogen-bond donors (Lipinski definition) is 2. The van der Waals surface area contributed by atoms with Crippen molar-refractivity contribution in [3.8, 4) is 5.75 Å². The van der Waals surface area contributed by atoms with E-state index in [1.807, 2.05) is 30.3 Å². The summed E-state index contributed by atoms with van der Waals surface area (Å²) >= 11 is 0. The fourth-order valence-electron chi connectivity index (χ4n) is 3.23. The van der Waals surface area contributed by atoms with E-state index in [9.17, 15) is 14.4 Å². The molecule has 0 spiro atoms. The van der Waals surface area contributed by atoms with E-state index in [0.717, 1.165) is 6.42 Å². The zero-order chi connectivity index (χ0) is 21.6. The van der Waals surface area contributed by atoms with Gasteiger partial charge in [0.15, 0.2) is 5.76 Å².